The number of hydrogen-bond acceptors (Lipinski definition) is 3. The van der Waals surface area contributed by atoms with Crippen LogP contribution in [0.5, 0.6) is 5.75 Å². The molecule has 0 spiro atoms. The average Bonchev–Trinajstić information content (AvgIpc) is 2.38. The zero-order valence-electron chi connectivity index (χ0n) is 9.22. The van der Waals surface area contributed by atoms with Crippen LogP contribution in [0.2, 0.25) is 0 Å². The maximum absolute atomic E-state index is 11.3. The molecule has 0 amide bonds. The number of carbonyl (C=O) groups excluding carboxylic acids is 1. The molecule has 0 radical (unpaired) electrons. The van der Waals surface area contributed by atoms with E-state index in [1.165, 1.54) is 6.07 Å². The summed E-state index contributed by atoms with van der Waals surface area (Å²) in [6.07, 6.45) is 0. The minimum atomic E-state index is -1.00. The fourth-order valence-electron chi connectivity index (χ4n) is 1.71. The lowest BCUT2D eigenvalue weighted by Gasteiger charge is -2.08. The van der Waals surface area contributed by atoms with E-state index in [2.05, 4.69) is 0 Å². The van der Waals surface area contributed by atoms with Crippen molar-refractivity contribution < 1.29 is 19.4 Å². The normalized spacial score (nSPS) is 10.3. The van der Waals surface area contributed by atoms with E-state index in [9.17, 15) is 9.59 Å². The minimum absolute atomic E-state index is 0.194. The van der Waals surface area contributed by atoms with Crippen LogP contribution in [0.1, 0.15) is 10.4 Å². The minimum Gasteiger partial charge on any atom is -0.478 e. The molecule has 0 atom stereocenters. The van der Waals surface area contributed by atoms with Gasteiger partial charge in [-0.25, -0.2) is 4.79 Å². The van der Waals surface area contributed by atoms with Crippen molar-refractivity contribution >= 4 is 45.3 Å². The molecule has 92 valence electrons. The van der Waals surface area contributed by atoms with Gasteiger partial charge in [-0.3, -0.25) is 4.79 Å². The highest BCUT2D eigenvalue weighted by Crippen LogP contribution is 2.28. The molecular weight excluding hydrogens is 347 g/mol. The fraction of sp³-hybridized carbons (Fsp3) is 0.0769. The van der Waals surface area contributed by atoms with Crippen LogP contribution in [-0.2, 0) is 4.79 Å². The van der Waals surface area contributed by atoms with Gasteiger partial charge in [0.15, 0.2) is 0 Å². The van der Waals surface area contributed by atoms with Gasteiger partial charge in [-0.2, -0.15) is 0 Å². The van der Waals surface area contributed by atoms with Gasteiger partial charge < -0.3 is 9.84 Å². The van der Waals surface area contributed by atoms with E-state index in [1.54, 1.807) is 30.3 Å². The number of carboxylic acid groups (broad SMARTS) is 1. The Morgan fingerprint density at radius 3 is 2.44 bits per heavy atom. The quantitative estimate of drug-likeness (QED) is 0.398. The summed E-state index contributed by atoms with van der Waals surface area (Å²) in [6, 6.07) is 9.91. The van der Waals surface area contributed by atoms with Gasteiger partial charge >= 0.3 is 11.9 Å². The summed E-state index contributed by atoms with van der Waals surface area (Å²) in [7, 11) is 0. The van der Waals surface area contributed by atoms with E-state index >= 15 is 0 Å². The molecule has 0 aliphatic heterocycles. The van der Waals surface area contributed by atoms with Crippen LogP contribution < -0.4 is 4.74 Å². The van der Waals surface area contributed by atoms with E-state index in [-0.39, 0.29) is 16.0 Å². The predicted octanol–water partition coefficient (Wildman–Crippen LogP) is 2.88. The van der Waals surface area contributed by atoms with E-state index in [0.29, 0.717) is 16.5 Å². The molecule has 0 saturated carbocycles. The first kappa shape index (κ1) is 12.8. The molecule has 2 aromatic carbocycles. The molecule has 1 N–H and O–H groups in total. The Morgan fingerprint density at radius 2 is 1.78 bits per heavy atom. The van der Waals surface area contributed by atoms with Gasteiger partial charge in [0.25, 0.3) is 0 Å². The molecule has 4 nitrogen and oxygen atoms in total. The predicted molar refractivity (Wildman–Crippen MR) is 75.4 cm³/mol. The SMILES string of the molecule is O=C(CI)Oc1cccc2c(C(=O)O)cccc12. The van der Waals surface area contributed by atoms with Gasteiger partial charge in [-0.1, -0.05) is 46.9 Å². The Labute approximate surface area is 117 Å². The Kier molecular flexibility index (Phi) is 3.81. The van der Waals surface area contributed by atoms with Crippen LogP contribution in [0.15, 0.2) is 36.4 Å². The lowest BCUT2D eigenvalue weighted by Crippen LogP contribution is -2.09. The number of hydrogen-bond donors (Lipinski definition) is 1. The van der Waals surface area contributed by atoms with Crippen LogP contribution >= 0.6 is 22.6 Å². The molecule has 0 aliphatic rings. The molecule has 0 heterocycles. The monoisotopic (exact) mass is 356 g/mol. The second-order valence-corrected chi connectivity index (χ2v) is 4.33. The Balaban J connectivity index is 2.60. The number of ether oxygens (including phenoxy) is 1. The zero-order valence-corrected chi connectivity index (χ0v) is 11.4. The number of rotatable bonds is 3. The number of halogens is 1. The van der Waals surface area contributed by atoms with E-state index in [0.717, 1.165) is 0 Å². The highest BCUT2D eigenvalue weighted by atomic mass is 127. The van der Waals surface area contributed by atoms with Crippen LogP contribution in [0.4, 0.5) is 0 Å². The van der Waals surface area contributed by atoms with Crippen molar-refractivity contribution in [1.82, 2.24) is 0 Å². The summed E-state index contributed by atoms with van der Waals surface area (Å²) in [4.78, 5) is 22.4. The van der Waals surface area contributed by atoms with Gasteiger partial charge in [-0.15, -0.1) is 0 Å². The smallest absolute Gasteiger partial charge is 0.336 e. The summed E-state index contributed by atoms with van der Waals surface area (Å²) < 4.78 is 5.42. The lowest BCUT2D eigenvalue weighted by atomic mass is 10.0. The molecule has 0 saturated heterocycles. The Bertz CT molecular complexity index is 621. The Hall–Kier alpha value is -1.63. The summed E-state index contributed by atoms with van der Waals surface area (Å²) in [5.41, 5.74) is 0.194. The number of fused-ring (bicyclic) bond motifs is 1. The highest BCUT2D eigenvalue weighted by Gasteiger charge is 2.12. The summed E-state index contributed by atoms with van der Waals surface area (Å²) in [6.45, 7) is 0. The third kappa shape index (κ3) is 2.45. The number of carbonyl (C=O) groups is 2. The standard InChI is InChI=1S/C13H9IO4/c14-7-12(15)18-11-6-2-3-8-9(11)4-1-5-10(8)13(16)17/h1-6H,7H2,(H,16,17). The van der Waals surface area contributed by atoms with Gasteiger partial charge in [-0.05, 0) is 17.5 Å². The van der Waals surface area contributed by atoms with Gasteiger partial charge in [0.2, 0.25) is 0 Å². The number of carboxylic acids is 1. The maximum atomic E-state index is 11.3. The molecule has 2 aromatic rings. The summed E-state index contributed by atoms with van der Waals surface area (Å²) in [5.74, 6) is -0.973. The van der Waals surface area contributed by atoms with Crippen molar-refractivity contribution in [3.8, 4) is 5.75 Å². The van der Waals surface area contributed by atoms with Crippen LogP contribution in [-0.4, -0.2) is 21.5 Å². The second kappa shape index (κ2) is 5.34. The van der Waals surface area contributed by atoms with Crippen LogP contribution in [0.25, 0.3) is 10.8 Å². The topological polar surface area (TPSA) is 63.6 Å². The van der Waals surface area contributed by atoms with Gasteiger partial charge in [0.1, 0.15) is 5.75 Å². The number of benzene rings is 2. The molecule has 5 heteroatoms. The second-order valence-electron chi connectivity index (χ2n) is 3.57. The third-order valence-electron chi connectivity index (χ3n) is 2.45. The van der Waals surface area contributed by atoms with Crippen molar-refractivity contribution in [2.24, 2.45) is 0 Å². The van der Waals surface area contributed by atoms with Gasteiger partial charge in [0, 0.05) is 5.39 Å². The highest BCUT2D eigenvalue weighted by molar-refractivity contribution is 14.1. The van der Waals surface area contributed by atoms with Crippen molar-refractivity contribution in [3.63, 3.8) is 0 Å². The van der Waals surface area contributed by atoms with Crippen molar-refractivity contribution in [2.75, 3.05) is 4.43 Å². The third-order valence-corrected chi connectivity index (χ3v) is 3.07. The van der Waals surface area contributed by atoms with Crippen LogP contribution in [0, 0.1) is 0 Å². The largest absolute Gasteiger partial charge is 0.478 e. The number of aromatic carboxylic acids is 1. The van der Waals surface area contributed by atoms with Crippen molar-refractivity contribution in [2.45, 2.75) is 0 Å². The number of esters is 1. The maximum Gasteiger partial charge on any atom is 0.336 e. The molecule has 0 bridgehead atoms. The first-order valence-electron chi connectivity index (χ1n) is 5.15. The van der Waals surface area contributed by atoms with E-state index in [1.807, 2.05) is 22.6 Å². The number of alkyl halides is 1. The molecule has 0 aliphatic carbocycles. The summed E-state index contributed by atoms with van der Waals surface area (Å²) >= 11 is 1.91. The van der Waals surface area contributed by atoms with Crippen molar-refractivity contribution in [3.05, 3.63) is 42.0 Å². The van der Waals surface area contributed by atoms with E-state index < -0.39 is 5.97 Å². The molecule has 0 unspecified atom stereocenters. The lowest BCUT2D eigenvalue weighted by molar-refractivity contribution is -0.131. The first-order valence-corrected chi connectivity index (χ1v) is 6.67. The van der Waals surface area contributed by atoms with Crippen LogP contribution in [0.3, 0.4) is 0 Å². The zero-order chi connectivity index (χ0) is 13.1. The fourth-order valence-corrected chi connectivity index (χ4v) is 1.86. The average molecular weight is 356 g/mol. The molecular formula is C13H9IO4. The molecule has 2 rings (SSSR count). The van der Waals surface area contributed by atoms with Gasteiger partial charge in [0.05, 0.1) is 9.99 Å². The van der Waals surface area contributed by atoms with Crippen molar-refractivity contribution in [1.29, 1.82) is 0 Å². The summed E-state index contributed by atoms with van der Waals surface area (Å²) in [5, 5.41) is 10.3. The Morgan fingerprint density at radius 1 is 1.11 bits per heavy atom. The molecule has 0 fully saturated rings. The van der Waals surface area contributed by atoms with E-state index in [4.69, 9.17) is 9.84 Å². The molecule has 18 heavy (non-hydrogen) atoms. The first-order chi connectivity index (χ1) is 8.63. The molecule has 0 aromatic heterocycles.